The second-order valence-electron chi connectivity index (χ2n) is 4.89. The first-order valence-electron chi connectivity index (χ1n) is 6.76. The Kier molecular flexibility index (Phi) is 4.99. The minimum atomic E-state index is -0.439. The van der Waals surface area contributed by atoms with E-state index in [1.165, 1.54) is 26.2 Å². The molecular weight excluding hydrogens is 287 g/mol. The van der Waals surface area contributed by atoms with Crippen LogP contribution in [-0.2, 0) is 22.6 Å². The maximum Gasteiger partial charge on any atom is 0.302 e. The molecule has 0 aromatic heterocycles. The number of esters is 1. The van der Waals surface area contributed by atoms with Gasteiger partial charge in [0.15, 0.2) is 11.6 Å². The molecule has 4 nitrogen and oxygen atoms in total. The molecule has 1 N–H and O–H groups in total. The third kappa shape index (κ3) is 3.97. The Hall–Kier alpha value is -2.56. The van der Waals surface area contributed by atoms with Crippen LogP contribution < -0.4 is 4.74 Å². The SMILES string of the molecule is COc1ccc(Cc2ccc(COC(C)=O)cc2O)cc1F. The van der Waals surface area contributed by atoms with Crippen LogP contribution in [0.3, 0.4) is 0 Å². The lowest BCUT2D eigenvalue weighted by Crippen LogP contribution is -1.99. The van der Waals surface area contributed by atoms with E-state index in [1.807, 2.05) is 0 Å². The van der Waals surface area contributed by atoms with Gasteiger partial charge < -0.3 is 14.6 Å². The van der Waals surface area contributed by atoms with Gasteiger partial charge in [0.05, 0.1) is 7.11 Å². The third-order valence-corrected chi connectivity index (χ3v) is 3.20. The maximum atomic E-state index is 13.7. The number of hydrogen-bond acceptors (Lipinski definition) is 4. The van der Waals surface area contributed by atoms with Crippen molar-refractivity contribution in [3.05, 3.63) is 58.9 Å². The van der Waals surface area contributed by atoms with Gasteiger partial charge in [0.25, 0.3) is 0 Å². The Morgan fingerprint density at radius 2 is 1.91 bits per heavy atom. The maximum absolute atomic E-state index is 13.7. The van der Waals surface area contributed by atoms with E-state index in [2.05, 4.69) is 0 Å². The molecule has 2 rings (SSSR count). The molecular formula is C17H17FO4. The predicted molar refractivity (Wildman–Crippen MR) is 79.3 cm³/mol. The molecule has 0 radical (unpaired) electrons. The molecule has 0 saturated carbocycles. The van der Waals surface area contributed by atoms with Crippen molar-refractivity contribution in [1.82, 2.24) is 0 Å². The molecule has 0 aliphatic heterocycles. The molecule has 5 heteroatoms. The van der Waals surface area contributed by atoms with Crippen molar-refractivity contribution >= 4 is 5.97 Å². The number of carbonyl (C=O) groups excluding carboxylic acids is 1. The minimum Gasteiger partial charge on any atom is -0.508 e. The molecule has 22 heavy (non-hydrogen) atoms. The lowest BCUT2D eigenvalue weighted by atomic mass is 10.0. The summed E-state index contributed by atoms with van der Waals surface area (Å²) in [7, 11) is 1.41. The summed E-state index contributed by atoms with van der Waals surface area (Å²) in [6.07, 6.45) is 0.389. The van der Waals surface area contributed by atoms with Crippen LogP contribution in [0.1, 0.15) is 23.6 Å². The molecule has 0 amide bonds. The molecule has 0 bridgehead atoms. The van der Waals surface area contributed by atoms with E-state index < -0.39 is 5.82 Å². The van der Waals surface area contributed by atoms with Crippen molar-refractivity contribution in [2.24, 2.45) is 0 Å². The lowest BCUT2D eigenvalue weighted by molar-refractivity contribution is -0.142. The highest BCUT2D eigenvalue weighted by Crippen LogP contribution is 2.25. The smallest absolute Gasteiger partial charge is 0.302 e. The largest absolute Gasteiger partial charge is 0.508 e. The molecule has 0 aliphatic rings. The number of phenols is 1. The summed E-state index contributed by atoms with van der Waals surface area (Å²) >= 11 is 0. The minimum absolute atomic E-state index is 0.0841. The van der Waals surface area contributed by atoms with E-state index in [0.29, 0.717) is 17.5 Å². The first kappa shape index (κ1) is 15.8. The summed E-state index contributed by atoms with van der Waals surface area (Å²) in [4.78, 5) is 10.8. The van der Waals surface area contributed by atoms with Gasteiger partial charge in [-0.15, -0.1) is 0 Å². The summed E-state index contributed by atoms with van der Waals surface area (Å²) in [6.45, 7) is 1.44. The van der Waals surface area contributed by atoms with E-state index >= 15 is 0 Å². The molecule has 0 unspecified atom stereocenters. The normalized spacial score (nSPS) is 10.3. The van der Waals surface area contributed by atoms with E-state index in [4.69, 9.17) is 9.47 Å². The average Bonchev–Trinajstić information content (AvgIpc) is 2.48. The van der Waals surface area contributed by atoms with Gasteiger partial charge in [-0.2, -0.15) is 0 Å². The van der Waals surface area contributed by atoms with E-state index in [9.17, 15) is 14.3 Å². The summed E-state index contributed by atoms with van der Waals surface area (Å²) < 4.78 is 23.4. The van der Waals surface area contributed by atoms with Gasteiger partial charge in [-0.1, -0.05) is 18.2 Å². The fourth-order valence-electron chi connectivity index (χ4n) is 2.07. The number of benzene rings is 2. The lowest BCUT2D eigenvalue weighted by Gasteiger charge is -2.09. The van der Waals surface area contributed by atoms with E-state index in [-0.39, 0.29) is 24.1 Å². The fourth-order valence-corrected chi connectivity index (χ4v) is 2.07. The van der Waals surface area contributed by atoms with Crippen molar-refractivity contribution in [1.29, 1.82) is 0 Å². The molecule has 0 atom stereocenters. The van der Waals surface area contributed by atoms with Crippen molar-refractivity contribution < 1.29 is 23.8 Å². The van der Waals surface area contributed by atoms with Gasteiger partial charge in [-0.3, -0.25) is 4.79 Å². The van der Waals surface area contributed by atoms with Crippen LogP contribution in [0.15, 0.2) is 36.4 Å². The van der Waals surface area contributed by atoms with E-state index in [1.54, 1.807) is 24.3 Å². The summed E-state index contributed by atoms with van der Waals surface area (Å²) in [5, 5.41) is 10.0. The molecule has 0 spiro atoms. The molecule has 2 aromatic rings. The summed E-state index contributed by atoms with van der Waals surface area (Å²) in [6, 6.07) is 9.71. The standard InChI is InChI=1S/C17H17FO4/c1-11(19)22-10-13-3-5-14(16(20)9-13)7-12-4-6-17(21-2)15(18)8-12/h3-6,8-9,20H,7,10H2,1-2H3. The Bertz CT molecular complexity index is 682. The van der Waals surface area contributed by atoms with Gasteiger partial charge in [0.2, 0.25) is 0 Å². The van der Waals surface area contributed by atoms with Gasteiger partial charge >= 0.3 is 5.97 Å². The van der Waals surface area contributed by atoms with Crippen molar-refractivity contribution in [2.75, 3.05) is 7.11 Å². The highest BCUT2D eigenvalue weighted by atomic mass is 19.1. The zero-order valence-electron chi connectivity index (χ0n) is 12.4. The predicted octanol–water partition coefficient (Wildman–Crippen LogP) is 3.19. The number of ether oxygens (including phenoxy) is 2. The number of hydrogen-bond donors (Lipinski definition) is 1. The fraction of sp³-hybridized carbons (Fsp3) is 0.235. The van der Waals surface area contributed by atoms with Crippen LogP contribution in [0.25, 0.3) is 0 Å². The number of rotatable bonds is 5. The zero-order chi connectivity index (χ0) is 16.1. The summed E-state index contributed by atoms with van der Waals surface area (Å²) in [5.41, 5.74) is 2.08. The number of methoxy groups -OCH3 is 1. The van der Waals surface area contributed by atoms with Gasteiger partial charge in [-0.25, -0.2) is 4.39 Å². The highest BCUT2D eigenvalue weighted by molar-refractivity contribution is 5.65. The van der Waals surface area contributed by atoms with Gasteiger partial charge in [0.1, 0.15) is 12.4 Å². The number of phenolic OH excluding ortho intramolecular Hbond substituents is 1. The molecule has 0 heterocycles. The van der Waals surface area contributed by atoms with E-state index in [0.717, 1.165) is 5.56 Å². The quantitative estimate of drug-likeness (QED) is 0.862. The first-order chi connectivity index (χ1) is 10.5. The summed E-state index contributed by atoms with van der Waals surface area (Å²) in [5.74, 6) is -0.547. The monoisotopic (exact) mass is 304 g/mol. The first-order valence-corrected chi connectivity index (χ1v) is 6.76. The molecule has 0 aliphatic carbocycles. The Morgan fingerprint density at radius 3 is 2.50 bits per heavy atom. The number of aromatic hydroxyl groups is 1. The van der Waals surface area contributed by atoms with Crippen molar-refractivity contribution in [3.8, 4) is 11.5 Å². The second kappa shape index (κ2) is 6.93. The molecule has 116 valence electrons. The molecule has 0 fully saturated rings. The van der Waals surface area contributed by atoms with Crippen LogP contribution in [0.2, 0.25) is 0 Å². The Morgan fingerprint density at radius 1 is 1.18 bits per heavy atom. The van der Waals surface area contributed by atoms with Gasteiger partial charge in [-0.05, 0) is 34.9 Å². The Labute approximate surface area is 128 Å². The van der Waals surface area contributed by atoms with Crippen LogP contribution in [0, 0.1) is 5.82 Å². The van der Waals surface area contributed by atoms with Crippen LogP contribution in [0.5, 0.6) is 11.5 Å². The molecule has 2 aromatic carbocycles. The van der Waals surface area contributed by atoms with Gasteiger partial charge in [0, 0.05) is 13.3 Å². The zero-order valence-corrected chi connectivity index (χ0v) is 12.4. The molecule has 0 saturated heterocycles. The van der Waals surface area contributed by atoms with Crippen molar-refractivity contribution in [2.45, 2.75) is 20.0 Å². The average molecular weight is 304 g/mol. The number of halogens is 1. The van der Waals surface area contributed by atoms with Crippen LogP contribution >= 0.6 is 0 Å². The Balaban J connectivity index is 2.13. The van der Waals surface area contributed by atoms with Crippen LogP contribution in [-0.4, -0.2) is 18.2 Å². The topological polar surface area (TPSA) is 55.8 Å². The van der Waals surface area contributed by atoms with Crippen LogP contribution in [0.4, 0.5) is 4.39 Å². The third-order valence-electron chi connectivity index (χ3n) is 3.20. The highest BCUT2D eigenvalue weighted by Gasteiger charge is 2.08. The number of carbonyl (C=O) groups is 1. The second-order valence-corrected chi connectivity index (χ2v) is 4.89. The van der Waals surface area contributed by atoms with Crippen molar-refractivity contribution in [3.63, 3.8) is 0 Å².